The highest BCUT2D eigenvalue weighted by Gasteiger charge is 2.22. The van der Waals surface area contributed by atoms with Crippen molar-refractivity contribution in [1.82, 2.24) is 10.3 Å². The van der Waals surface area contributed by atoms with E-state index in [0.717, 1.165) is 35.3 Å². The largest absolute Gasteiger partial charge is 0.493 e. The smallest absolute Gasteiger partial charge is 0.305 e. The van der Waals surface area contributed by atoms with Crippen LogP contribution in [0.2, 0.25) is 0 Å². The summed E-state index contributed by atoms with van der Waals surface area (Å²) >= 11 is 3.44. The number of para-hydroxylation sites is 2. The number of benzene rings is 4. The molecule has 1 unspecified atom stereocenters. The van der Waals surface area contributed by atoms with Gasteiger partial charge in [-0.25, -0.2) is 0 Å². The Labute approximate surface area is 264 Å². The van der Waals surface area contributed by atoms with Crippen LogP contribution < -0.4 is 14.8 Å². The number of halogens is 1. The number of nitrogens with one attached hydrogen (secondary N) is 1. The number of aliphatic carboxylic acids is 1. The average molecular weight is 652 g/mol. The second kappa shape index (κ2) is 15.0. The molecule has 0 aliphatic rings. The summed E-state index contributed by atoms with van der Waals surface area (Å²) in [4.78, 5) is 29.4. The van der Waals surface area contributed by atoms with Crippen molar-refractivity contribution in [2.75, 3.05) is 6.61 Å². The van der Waals surface area contributed by atoms with Crippen LogP contribution in [-0.2, 0) is 11.2 Å². The molecule has 1 amide bonds. The van der Waals surface area contributed by atoms with Crippen molar-refractivity contribution in [1.29, 1.82) is 0 Å². The van der Waals surface area contributed by atoms with E-state index in [4.69, 9.17) is 9.47 Å². The van der Waals surface area contributed by atoms with Crippen molar-refractivity contribution in [2.24, 2.45) is 0 Å². The maximum Gasteiger partial charge on any atom is 0.305 e. The average Bonchev–Trinajstić information content (AvgIpc) is 3.04. The molecular weight excluding hydrogens is 620 g/mol. The molecule has 0 aliphatic carbocycles. The van der Waals surface area contributed by atoms with E-state index < -0.39 is 17.9 Å². The number of ether oxygens (including phenoxy) is 2. The van der Waals surface area contributed by atoms with Crippen LogP contribution >= 0.6 is 15.9 Å². The normalized spacial score (nSPS) is 11.4. The Morgan fingerprint density at radius 1 is 0.841 bits per heavy atom. The number of carboxylic acid groups (broad SMARTS) is 1. The minimum absolute atomic E-state index is 0.283. The molecule has 7 nitrogen and oxygen atoms in total. The Morgan fingerprint density at radius 3 is 2.32 bits per heavy atom. The number of carboxylic acids is 1. The zero-order chi connectivity index (χ0) is 30.7. The Kier molecular flexibility index (Phi) is 10.4. The van der Waals surface area contributed by atoms with E-state index in [1.165, 1.54) is 0 Å². The summed E-state index contributed by atoms with van der Waals surface area (Å²) in [6.45, 7) is 0.416. The lowest BCUT2D eigenvalue weighted by atomic mass is 9.98. The number of carbonyl (C=O) groups is 2. The lowest BCUT2D eigenvalue weighted by molar-refractivity contribution is -0.137. The van der Waals surface area contributed by atoms with Crippen LogP contribution in [0.5, 0.6) is 17.2 Å². The fourth-order valence-corrected chi connectivity index (χ4v) is 5.14. The first-order chi connectivity index (χ1) is 21.5. The number of nitrogens with zero attached hydrogens (tertiary/aromatic N) is 1. The fraction of sp³-hybridized carbons (Fsp3) is 0.139. The Morgan fingerprint density at radius 2 is 1.57 bits per heavy atom. The van der Waals surface area contributed by atoms with E-state index in [1.54, 1.807) is 24.5 Å². The van der Waals surface area contributed by atoms with Crippen molar-refractivity contribution >= 4 is 27.8 Å². The summed E-state index contributed by atoms with van der Waals surface area (Å²) < 4.78 is 12.8. The number of pyridine rings is 1. The third-order valence-corrected chi connectivity index (χ3v) is 7.46. The first-order valence-corrected chi connectivity index (χ1v) is 15.0. The molecule has 44 heavy (non-hydrogen) atoms. The molecule has 222 valence electrons. The van der Waals surface area contributed by atoms with Crippen molar-refractivity contribution in [2.45, 2.75) is 25.3 Å². The Hall–Kier alpha value is -4.95. The van der Waals surface area contributed by atoms with Crippen molar-refractivity contribution < 1.29 is 24.2 Å². The number of amides is 1. The lowest BCUT2D eigenvalue weighted by Gasteiger charge is -2.20. The molecule has 0 radical (unpaired) electrons. The van der Waals surface area contributed by atoms with Gasteiger partial charge in [-0.3, -0.25) is 14.6 Å². The first-order valence-electron chi connectivity index (χ1n) is 14.2. The van der Waals surface area contributed by atoms with Crippen molar-refractivity contribution in [3.05, 3.63) is 143 Å². The number of rotatable bonds is 13. The Balaban J connectivity index is 1.30. The van der Waals surface area contributed by atoms with Gasteiger partial charge in [-0.2, -0.15) is 0 Å². The zero-order valence-electron chi connectivity index (χ0n) is 23.9. The van der Waals surface area contributed by atoms with E-state index in [-0.39, 0.29) is 6.42 Å². The maximum atomic E-state index is 13.5. The van der Waals surface area contributed by atoms with Gasteiger partial charge in [-0.15, -0.1) is 0 Å². The first kappa shape index (κ1) is 30.5. The van der Waals surface area contributed by atoms with Crippen LogP contribution in [0.15, 0.2) is 126 Å². The topological polar surface area (TPSA) is 97.8 Å². The standard InChI is InChI=1S/C36H31BrN2O5/c37-28-16-17-33(43-22-6-7-25-18-20-38-21-19-25)31(23-28)36(42)39-32(24-35(40)41)27-14-12-26(13-15-27)30-10-4-5-11-34(30)44-29-8-2-1-3-9-29/h1-5,8-21,23,32H,6-7,22,24H2,(H,39,42)(H,40,41). The molecular formula is C36H31BrN2O5. The molecule has 8 heteroatoms. The van der Waals surface area contributed by atoms with Gasteiger partial charge in [-0.05, 0) is 78.1 Å². The van der Waals surface area contributed by atoms with Crippen LogP contribution in [0.4, 0.5) is 0 Å². The monoisotopic (exact) mass is 650 g/mol. The second-order valence-electron chi connectivity index (χ2n) is 10.1. The fourth-order valence-electron chi connectivity index (χ4n) is 4.78. The molecule has 2 N–H and O–H groups in total. The summed E-state index contributed by atoms with van der Waals surface area (Å²) in [5, 5.41) is 12.6. The summed E-state index contributed by atoms with van der Waals surface area (Å²) in [6.07, 6.45) is 4.81. The summed E-state index contributed by atoms with van der Waals surface area (Å²) in [7, 11) is 0. The van der Waals surface area contributed by atoms with Crippen LogP contribution in [0, 0.1) is 0 Å². The van der Waals surface area contributed by atoms with Crippen LogP contribution in [0.3, 0.4) is 0 Å². The molecule has 1 atom stereocenters. The lowest BCUT2D eigenvalue weighted by Crippen LogP contribution is -2.30. The highest BCUT2D eigenvalue weighted by Crippen LogP contribution is 2.34. The van der Waals surface area contributed by atoms with Crippen LogP contribution in [0.25, 0.3) is 11.1 Å². The number of aromatic nitrogens is 1. The molecule has 0 spiro atoms. The van der Waals surface area contributed by atoms with Gasteiger partial charge in [0.15, 0.2) is 0 Å². The molecule has 0 saturated carbocycles. The number of hydrogen-bond donors (Lipinski definition) is 2. The molecule has 0 saturated heterocycles. The minimum Gasteiger partial charge on any atom is -0.493 e. The third kappa shape index (κ3) is 8.33. The number of aryl methyl sites for hydroxylation is 1. The van der Waals surface area contributed by atoms with Gasteiger partial charge in [0, 0.05) is 22.4 Å². The van der Waals surface area contributed by atoms with E-state index in [0.29, 0.717) is 33.7 Å². The summed E-state index contributed by atoms with van der Waals surface area (Å²) in [6, 6.07) is 33.1. The predicted octanol–water partition coefficient (Wildman–Crippen LogP) is 8.26. The van der Waals surface area contributed by atoms with Gasteiger partial charge >= 0.3 is 5.97 Å². The van der Waals surface area contributed by atoms with Crippen molar-refractivity contribution in [3.63, 3.8) is 0 Å². The molecule has 0 fully saturated rings. The van der Waals surface area contributed by atoms with Crippen LogP contribution in [-0.4, -0.2) is 28.6 Å². The SMILES string of the molecule is O=C(O)CC(NC(=O)c1cc(Br)ccc1OCCCc1ccncc1)c1ccc(-c2ccccc2Oc2ccccc2)cc1. The summed E-state index contributed by atoms with van der Waals surface area (Å²) in [5.74, 6) is 0.408. The molecule has 0 bridgehead atoms. The molecule has 0 aliphatic heterocycles. The molecule has 4 aromatic carbocycles. The third-order valence-electron chi connectivity index (χ3n) is 6.97. The van der Waals surface area contributed by atoms with E-state index in [9.17, 15) is 14.7 Å². The van der Waals surface area contributed by atoms with Crippen LogP contribution in [0.1, 0.15) is 40.4 Å². The van der Waals surface area contributed by atoms with Gasteiger partial charge in [0.05, 0.1) is 24.6 Å². The Bertz CT molecular complexity index is 1700. The minimum atomic E-state index is -1.03. The molecule has 1 aromatic heterocycles. The van der Waals surface area contributed by atoms with Gasteiger partial charge in [0.1, 0.15) is 17.2 Å². The number of hydrogen-bond acceptors (Lipinski definition) is 5. The van der Waals surface area contributed by atoms with Gasteiger partial charge < -0.3 is 19.9 Å². The highest BCUT2D eigenvalue weighted by molar-refractivity contribution is 9.10. The molecule has 5 rings (SSSR count). The van der Waals surface area contributed by atoms with Gasteiger partial charge in [0.2, 0.25) is 0 Å². The second-order valence-corrected chi connectivity index (χ2v) is 11.0. The van der Waals surface area contributed by atoms with Crippen molar-refractivity contribution in [3.8, 4) is 28.4 Å². The highest BCUT2D eigenvalue weighted by atomic mass is 79.9. The van der Waals surface area contributed by atoms with E-state index in [1.807, 2.05) is 97.1 Å². The summed E-state index contributed by atoms with van der Waals surface area (Å²) in [5.41, 5.74) is 3.94. The van der Waals surface area contributed by atoms with E-state index in [2.05, 4.69) is 26.2 Å². The van der Waals surface area contributed by atoms with Gasteiger partial charge in [0.25, 0.3) is 5.91 Å². The van der Waals surface area contributed by atoms with Gasteiger partial charge in [-0.1, -0.05) is 76.6 Å². The number of carbonyl (C=O) groups excluding carboxylic acids is 1. The molecule has 1 heterocycles. The maximum absolute atomic E-state index is 13.5. The van der Waals surface area contributed by atoms with E-state index >= 15 is 0 Å². The quantitative estimate of drug-likeness (QED) is 0.125. The predicted molar refractivity (Wildman–Crippen MR) is 173 cm³/mol. The zero-order valence-corrected chi connectivity index (χ0v) is 25.4. The molecule has 5 aromatic rings.